The molecule has 1 amide bonds. The minimum atomic E-state index is -0.258. The Morgan fingerprint density at radius 3 is 3.00 bits per heavy atom. The molecule has 0 spiro atoms. The summed E-state index contributed by atoms with van der Waals surface area (Å²) in [5.41, 5.74) is 1.55. The third-order valence-corrected chi connectivity index (χ3v) is 3.28. The van der Waals surface area contributed by atoms with Crippen molar-refractivity contribution in [2.45, 2.75) is 32.3 Å². The van der Waals surface area contributed by atoms with E-state index in [1.807, 2.05) is 13.0 Å². The number of nitrogens with zero attached hydrogens (tertiary/aromatic N) is 1. The van der Waals surface area contributed by atoms with Crippen LogP contribution in [0.5, 0.6) is 0 Å². The van der Waals surface area contributed by atoms with Crippen LogP contribution in [0.15, 0.2) is 18.5 Å². The summed E-state index contributed by atoms with van der Waals surface area (Å²) in [6.07, 6.45) is 5.92. The number of hydrogen-bond acceptors (Lipinski definition) is 3. The second kappa shape index (κ2) is 5.27. The highest BCUT2D eigenvalue weighted by Gasteiger charge is 2.25. The van der Waals surface area contributed by atoms with Gasteiger partial charge in [-0.2, -0.15) is 0 Å². The van der Waals surface area contributed by atoms with Crippen LogP contribution in [0.2, 0.25) is 0 Å². The molecule has 1 aromatic heterocycles. The van der Waals surface area contributed by atoms with Crippen LogP contribution in [0.4, 0.5) is 0 Å². The Balaban J connectivity index is 1.89. The van der Waals surface area contributed by atoms with Gasteiger partial charge in [-0.05, 0) is 31.4 Å². The molecule has 2 atom stereocenters. The highest BCUT2D eigenvalue weighted by atomic mass is 16.3. The maximum absolute atomic E-state index is 11.8. The first kappa shape index (κ1) is 12.0. The summed E-state index contributed by atoms with van der Waals surface area (Å²) in [7, 11) is 0. The van der Waals surface area contributed by atoms with Crippen molar-refractivity contribution in [1.29, 1.82) is 0 Å². The number of pyridine rings is 1. The number of rotatable bonds is 3. The highest BCUT2D eigenvalue weighted by molar-refractivity contribution is 5.93. The monoisotopic (exact) mass is 234 g/mol. The molecule has 1 fully saturated rings. The molecule has 0 saturated heterocycles. The van der Waals surface area contributed by atoms with E-state index < -0.39 is 0 Å². The zero-order chi connectivity index (χ0) is 12.3. The molecule has 1 aliphatic carbocycles. The van der Waals surface area contributed by atoms with E-state index in [1.54, 1.807) is 12.4 Å². The van der Waals surface area contributed by atoms with E-state index in [0.717, 1.165) is 24.8 Å². The van der Waals surface area contributed by atoms with Gasteiger partial charge in [0.15, 0.2) is 0 Å². The van der Waals surface area contributed by atoms with Crippen molar-refractivity contribution >= 4 is 5.91 Å². The largest absolute Gasteiger partial charge is 0.393 e. The summed E-state index contributed by atoms with van der Waals surface area (Å²) >= 11 is 0. The standard InChI is InChI=1S/C13H18N2O2/c1-9-5-11(7-14-6-9)13(17)15-8-10-3-2-4-12(10)16/h5-7,10,12,16H,2-4,8H2,1H3,(H,15,17). The van der Waals surface area contributed by atoms with Gasteiger partial charge in [0, 0.05) is 24.9 Å². The van der Waals surface area contributed by atoms with Crippen molar-refractivity contribution in [3.8, 4) is 0 Å². The van der Waals surface area contributed by atoms with Crippen LogP contribution in [0, 0.1) is 12.8 Å². The SMILES string of the molecule is Cc1cncc(C(=O)NCC2CCCC2O)c1. The lowest BCUT2D eigenvalue weighted by molar-refractivity contribution is 0.0916. The average Bonchev–Trinajstić information content (AvgIpc) is 2.72. The number of nitrogens with one attached hydrogen (secondary N) is 1. The predicted octanol–water partition coefficient (Wildman–Crippen LogP) is 1.28. The molecule has 1 saturated carbocycles. The molecule has 92 valence electrons. The second-order valence-corrected chi connectivity index (χ2v) is 4.72. The smallest absolute Gasteiger partial charge is 0.252 e. The van der Waals surface area contributed by atoms with Gasteiger partial charge in [-0.1, -0.05) is 6.42 Å². The molecule has 2 unspecified atom stereocenters. The third kappa shape index (κ3) is 3.03. The summed E-state index contributed by atoms with van der Waals surface area (Å²) in [4.78, 5) is 15.8. The fourth-order valence-corrected chi connectivity index (χ4v) is 2.26. The first-order valence-electron chi connectivity index (χ1n) is 6.05. The molecule has 2 N–H and O–H groups in total. The molecule has 0 bridgehead atoms. The highest BCUT2D eigenvalue weighted by Crippen LogP contribution is 2.24. The molecule has 0 aromatic carbocycles. The number of aromatic nitrogens is 1. The maximum atomic E-state index is 11.8. The molecule has 0 aliphatic heterocycles. The van der Waals surface area contributed by atoms with Crippen LogP contribution in [0.1, 0.15) is 35.2 Å². The lowest BCUT2D eigenvalue weighted by Crippen LogP contribution is -2.32. The van der Waals surface area contributed by atoms with Crippen LogP contribution in [-0.4, -0.2) is 28.6 Å². The Bertz CT molecular complexity index is 406. The molecule has 0 radical (unpaired) electrons. The van der Waals surface area contributed by atoms with Gasteiger partial charge >= 0.3 is 0 Å². The molecule has 17 heavy (non-hydrogen) atoms. The Morgan fingerprint density at radius 1 is 1.53 bits per heavy atom. The van der Waals surface area contributed by atoms with E-state index in [0.29, 0.717) is 12.1 Å². The van der Waals surface area contributed by atoms with E-state index in [-0.39, 0.29) is 17.9 Å². The summed E-state index contributed by atoms with van der Waals surface area (Å²) in [5.74, 6) is 0.0945. The fourth-order valence-electron chi connectivity index (χ4n) is 2.26. The van der Waals surface area contributed by atoms with Crippen LogP contribution in [0.3, 0.4) is 0 Å². The molecule has 4 nitrogen and oxygen atoms in total. The van der Waals surface area contributed by atoms with Crippen LogP contribution >= 0.6 is 0 Å². The summed E-state index contributed by atoms with van der Waals surface area (Å²) < 4.78 is 0. The lowest BCUT2D eigenvalue weighted by Gasteiger charge is -2.15. The maximum Gasteiger partial charge on any atom is 0.252 e. The minimum absolute atomic E-state index is 0.111. The predicted molar refractivity (Wildman–Crippen MR) is 64.7 cm³/mol. The first-order chi connectivity index (χ1) is 8.16. The Kier molecular flexibility index (Phi) is 3.74. The molecular formula is C13H18N2O2. The van der Waals surface area contributed by atoms with Gasteiger partial charge in [-0.25, -0.2) is 0 Å². The minimum Gasteiger partial charge on any atom is -0.393 e. The Hall–Kier alpha value is -1.42. The lowest BCUT2D eigenvalue weighted by atomic mass is 10.1. The van der Waals surface area contributed by atoms with Crippen LogP contribution in [-0.2, 0) is 0 Å². The number of carbonyl (C=O) groups excluding carboxylic acids is 1. The number of aliphatic hydroxyl groups is 1. The van der Waals surface area contributed by atoms with Crippen LogP contribution in [0.25, 0.3) is 0 Å². The number of aliphatic hydroxyl groups excluding tert-OH is 1. The normalized spacial score (nSPS) is 23.6. The van der Waals surface area contributed by atoms with E-state index in [4.69, 9.17) is 0 Å². The Morgan fingerprint density at radius 2 is 2.35 bits per heavy atom. The molecule has 2 rings (SSSR count). The van der Waals surface area contributed by atoms with Crippen molar-refractivity contribution in [2.24, 2.45) is 5.92 Å². The van der Waals surface area contributed by atoms with Crippen LogP contribution < -0.4 is 5.32 Å². The summed E-state index contributed by atoms with van der Waals surface area (Å²) in [6.45, 7) is 2.46. The van der Waals surface area contributed by atoms with Crippen molar-refractivity contribution in [2.75, 3.05) is 6.54 Å². The van der Waals surface area contributed by atoms with E-state index in [2.05, 4.69) is 10.3 Å². The summed E-state index contributed by atoms with van der Waals surface area (Å²) in [5, 5.41) is 12.5. The number of aryl methyl sites for hydroxylation is 1. The summed E-state index contributed by atoms with van der Waals surface area (Å²) in [6, 6.07) is 1.81. The van der Waals surface area contributed by atoms with Crippen molar-refractivity contribution in [3.63, 3.8) is 0 Å². The molecule has 1 aliphatic rings. The van der Waals surface area contributed by atoms with E-state index in [9.17, 15) is 9.90 Å². The number of amides is 1. The van der Waals surface area contributed by atoms with Gasteiger partial charge < -0.3 is 10.4 Å². The third-order valence-electron chi connectivity index (χ3n) is 3.28. The topological polar surface area (TPSA) is 62.2 Å². The quantitative estimate of drug-likeness (QED) is 0.828. The van der Waals surface area contributed by atoms with Gasteiger partial charge in [0.1, 0.15) is 0 Å². The first-order valence-corrected chi connectivity index (χ1v) is 6.05. The van der Waals surface area contributed by atoms with Crippen molar-refractivity contribution in [3.05, 3.63) is 29.6 Å². The van der Waals surface area contributed by atoms with Gasteiger partial charge in [0.25, 0.3) is 5.91 Å². The van der Waals surface area contributed by atoms with E-state index >= 15 is 0 Å². The number of hydrogen-bond donors (Lipinski definition) is 2. The number of carbonyl (C=O) groups is 1. The fraction of sp³-hybridized carbons (Fsp3) is 0.538. The van der Waals surface area contributed by atoms with Gasteiger partial charge in [0.05, 0.1) is 11.7 Å². The molecule has 1 heterocycles. The van der Waals surface area contributed by atoms with Crippen molar-refractivity contribution in [1.82, 2.24) is 10.3 Å². The van der Waals surface area contributed by atoms with Gasteiger partial charge in [-0.3, -0.25) is 9.78 Å². The zero-order valence-electron chi connectivity index (χ0n) is 10.0. The average molecular weight is 234 g/mol. The molecule has 4 heteroatoms. The second-order valence-electron chi connectivity index (χ2n) is 4.72. The van der Waals surface area contributed by atoms with Gasteiger partial charge in [0.2, 0.25) is 0 Å². The molecular weight excluding hydrogens is 216 g/mol. The van der Waals surface area contributed by atoms with E-state index in [1.165, 1.54) is 0 Å². The van der Waals surface area contributed by atoms with Gasteiger partial charge in [-0.15, -0.1) is 0 Å². The molecule has 1 aromatic rings. The van der Waals surface area contributed by atoms with Crippen molar-refractivity contribution < 1.29 is 9.90 Å². The Labute approximate surface area is 101 Å². The zero-order valence-corrected chi connectivity index (χ0v) is 10.0.